The van der Waals surface area contributed by atoms with Gasteiger partial charge in [-0.2, -0.15) is 13.2 Å². The van der Waals surface area contributed by atoms with E-state index in [9.17, 15) is 47.6 Å². The van der Waals surface area contributed by atoms with Crippen LogP contribution in [0.25, 0.3) is 0 Å². The molecule has 0 saturated carbocycles. The van der Waals surface area contributed by atoms with E-state index in [2.05, 4.69) is 0 Å². The Hall–Kier alpha value is -3.85. The smallest absolute Gasteiger partial charge is 0.393 e. The summed E-state index contributed by atoms with van der Waals surface area (Å²) in [6.45, 7) is 3.56. The molecule has 0 radical (unpaired) electrons. The van der Waals surface area contributed by atoms with Crippen molar-refractivity contribution >= 4 is 29.4 Å². The number of nitrogens with zero attached hydrogens (tertiary/aromatic N) is 3. The lowest BCUT2D eigenvalue weighted by Gasteiger charge is -2.46. The Morgan fingerprint density at radius 1 is 1.23 bits per heavy atom. The molecule has 3 aliphatic rings. The zero-order chi connectivity index (χ0) is 28.8. The van der Waals surface area contributed by atoms with E-state index in [0.717, 1.165) is 24.3 Å². The molecule has 12 nitrogen and oxygen atoms in total. The summed E-state index contributed by atoms with van der Waals surface area (Å²) in [4.78, 5) is 63.0. The third-order valence-electron chi connectivity index (χ3n) is 7.27. The van der Waals surface area contributed by atoms with E-state index in [-0.39, 0.29) is 36.5 Å². The van der Waals surface area contributed by atoms with Gasteiger partial charge in [-0.05, 0) is 31.1 Å². The van der Waals surface area contributed by atoms with E-state index in [1.807, 2.05) is 5.32 Å². The minimum atomic E-state index is -5.02. The first-order valence-corrected chi connectivity index (χ1v) is 12.1. The second-order valence-corrected chi connectivity index (χ2v) is 9.80. The molecule has 0 aromatic heterocycles. The van der Waals surface area contributed by atoms with E-state index < -0.39 is 64.9 Å². The van der Waals surface area contributed by atoms with Gasteiger partial charge in [0.2, 0.25) is 5.91 Å². The van der Waals surface area contributed by atoms with Crippen LogP contribution in [0.5, 0.6) is 0 Å². The van der Waals surface area contributed by atoms with Crippen LogP contribution in [-0.4, -0.2) is 87.6 Å². The van der Waals surface area contributed by atoms with Crippen LogP contribution in [-0.2, 0) is 19.1 Å². The van der Waals surface area contributed by atoms with Gasteiger partial charge in [0.1, 0.15) is 5.70 Å². The number of aliphatic hydroxyl groups is 1. The Bertz CT molecular complexity index is 1250. The second kappa shape index (κ2) is 10.4. The standard InChI is InChI=1S/C24H25F3N4O8/c1-11-16(10-29-8-7-14(9-29)28-23(36)24(25,26)27)19(30-18(11)17(12(2)32)20(30)33)22(35)39-21(34)13-3-5-15(6-4-13)31(37)38/h3-6,11-12,14,17-18,32H,7-10H2,1-2H3,(H,28,36)/t11-,12+,14-,17+,18+/m0/s1. The normalized spacial score (nSPS) is 25.7. The number of fused-ring (bicyclic) bond motifs is 1. The number of nitro groups is 1. The molecule has 15 heteroatoms. The average molecular weight is 554 g/mol. The molecule has 0 bridgehead atoms. The van der Waals surface area contributed by atoms with E-state index in [4.69, 9.17) is 4.74 Å². The summed E-state index contributed by atoms with van der Waals surface area (Å²) < 4.78 is 42.9. The van der Waals surface area contributed by atoms with Gasteiger partial charge in [0.25, 0.3) is 5.69 Å². The Balaban J connectivity index is 1.54. The third kappa shape index (κ3) is 5.36. The van der Waals surface area contributed by atoms with Gasteiger partial charge in [-0.15, -0.1) is 0 Å². The molecule has 5 atom stereocenters. The molecule has 3 heterocycles. The number of halogens is 3. The number of hydrogen-bond donors (Lipinski definition) is 2. The first-order valence-electron chi connectivity index (χ1n) is 12.1. The first kappa shape index (κ1) is 28.2. The highest BCUT2D eigenvalue weighted by molar-refractivity contribution is 6.06. The van der Waals surface area contributed by atoms with Crippen molar-refractivity contribution < 1.29 is 47.1 Å². The summed E-state index contributed by atoms with van der Waals surface area (Å²) >= 11 is 0. The minimum Gasteiger partial charge on any atom is -0.393 e. The molecule has 2 amide bonds. The van der Waals surface area contributed by atoms with Gasteiger partial charge in [0, 0.05) is 43.7 Å². The number of likely N-dealkylation sites (tertiary alicyclic amines) is 1. The summed E-state index contributed by atoms with van der Waals surface area (Å²) in [5.74, 6) is -6.09. The highest BCUT2D eigenvalue weighted by atomic mass is 19.4. The molecule has 3 aliphatic heterocycles. The van der Waals surface area contributed by atoms with Gasteiger partial charge < -0.3 is 20.1 Å². The van der Waals surface area contributed by atoms with Gasteiger partial charge in [-0.1, -0.05) is 6.92 Å². The Morgan fingerprint density at radius 2 is 1.87 bits per heavy atom. The van der Waals surface area contributed by atoms with Crippen LogP contribution >= 0.6 is 0 Å². The van der Waals surface area contributed by atoms with Crippen molar-refractivity contribution in [1.82, 2.24) is 15.1 Å². The van der Waals surface area contributed by atoms with Gasteiger partial charge in [-0.25, -0.2) is 9.59 Å². The summed E-state index contributed by atoms with van der Waals surface area (Å²) in [6.07, 6.45) is -5.82. The zero-order valence-electron chi connectivity index (χ0n) is 20.8. The molecule has 0 aliphatic carbocycles. The number of aliphatic hydroxyl groups excluding tert-OH is 1. The van der Waals surface area contributed by atoms with Crippen LogP contribution in [0.4, 0.5) is 18.9 Å². The predicted molar refractivity (Wildman–Crippen MR) is 125 cm³/mol. The lowest BCUT2D eigenvalue weighted by atomic mass is 9.77. The molecule has 1 aromatic carbocycles. The number of carbonyl (C=O) groups excluding carboxylic acids is 4. The monoisotopic (exact) mass is 554 g/mol. The van der Waals surface area contributed by atoms with Crippen LogP contribution in [0.3, 0.4) is 0 Å². The number of esters is 2. The molecule has 0 unspecified atom stereocenters. The van der Waals surface area contributed by atoms with Gasteiger partial charge in [0.05, 0.1) is 28.6 Å². The molecule has 2 saturated heterocycles. The largest absolute Gasteiger partial charge is 0.471 e. The molecule has 2 N–H and O–H groups in total. The van der Waals surface area contributed by atoms with Crippen LogP contribution in [0.2, 0.25) is 0 Å². The molecule has 0 spiro atoms. The van der Waals surface area contributed by atoms with Crippen molar-refractivity contribution in [1.29, 1.82) is 0 Å². The lowest BCUT2D eigenvalue weighted by molar-refractivity contribution is -0.384. The van der Waals surface area contributed by atoms with Crippen LogP contribution in [0.15, 0.2) is 35.5 Å². The quantitative estimate of drug-likeness (QED) is 0.166. The maximum Gasteiger partial charge on any atom is 0.471 e. The molecule has 39 heavy (non-hydrogen) atoms. The van der Waals surface area contributed by atoms with E-state index in [0.29, 0.717) is 12.1 Å². The number of alkyl halides is 3. The number of nitro benzene ring substituents is 1. The van der Waals surface area contributed by atoms with Crippen molar-refractivity contribution in [3.05, 3.63) is 51.2 Å². The summed E-state index contributed by atoms with van der Waals surface area (Å²) in [5, 5.41) is 22.9. The zero-order valence-corrected chi connectivity index (χ0v) is 20.8. The van der Waals surface area contributed by atoms with E-state index in [1.54, 1.807) is 11.8 Å². The molecular formula is C24H25F3N4O8. The predicted octanol–water partition coefficient (Wildman–Crippen LogP) is 1.14. The van der Waals surface area contributed by atoms with Crippen LogP contribution < -0.4 is 5.32 Å². The highest BCUT2D eigenvalue weighted by Gasteiger charge is 2.60. The second-order valence-electron chi connectivity index (χ2n) is 9.80. The fraction of sp³-hybridized carbons (Fsp3) is 0.500. The molecule has 2 fully saturated rings. The molecule has 4 rings (SSSR count). The first-order chi connectivity index (χ1) is 18.2. The molecule has 210 valence electrons. The number of amides is 2. The summed E-state index contributed by atoms with van der Waals surface area (Å²) in [5.41, 5.74) is -0.201. The maximum absolute atomic E-state index is 13.2. The van der Waals surface area contributed by atoms with Gasteiger partial charge in [0.15, 0.2) is 0 Å². The van der Waals surface area contributed by atoms with Crippen molar-refractivity contribution in [3.8, 4) is 0 Å². The molecular weight excluding hydrogens is 529 g/mol. The number of hydrogen-bond acceptors (Lipinski definition) is 9. The maximum atomic E-state index is 13.2. The van der Waals surface area contributed by atoms with E-state index in [1.165, 1.54) is 11.8 Å². The van der Waals surface area contributed by atoms with Crippen molar-refractivity contribution in [2.24, 2.45) is 11.8 Å². The SMILES string of the molecule is C[C@@H](O)[C@H]1C(=O)N2C(C(=O)OC(=O)c3ccc([N+](=O)[O-])cc3)=C(CN3CC[C@H](NC(=O)C(F)(F)F)C3)[C@H](C)[C@H]12. The Kier molecular flexibility index (Phi) is 7.49. The lowest BCUT2D eigenvalue weighted by Crippen LogP contribution is -2.63. The summed E-state index contributed by atoms with van der Waals surface area (Å²) in [6, 6.07) is 2.98. The number of nitrogens with one attached hydrogen (secondary N) is 1. The number of benzene rings is 1. The number of non-ortho nitro benzene ring substituents is 1. The van der Waals surface area contributed by atoms with Crippen molar-refractivity contribution in [3.63, 3.8) is 0 Å². The van der Waals surface area contributed by atoms with Crippen LogP contribution in [0.1, 0.15) is 30.6 Å². The third-order valence-corrected chi connectivity index (χ3v) is 7.27. The highest BCUT2D eigenvalue weighted by Crippen LogP contribution is 2.47. The van der Waals surface area contributed by atoms with E-state index >= 15 is 0 Å². The fourth-order valence-corrected chi connectivity index (χ4v) is 5.36. The number of carbonyl (C=O) groups is 4. The van der Waals surface area contributed by atoms with Gasteiger partial charge >= 0.3 is 24.0 Å². The number of rotatable bonds is 7. The Morgan fingerprint density at radius 3 is 2.44 bits per heavy atom. The fourth-order valence-electron chi connectivity index (χ4n) is 5.36. The van der Waals surface area contributed by atoms with Crippen molar-refractivity contribution in [2.75, 3.05) is 19.6 Å². The summed E-state index contributed by atoms with van der Waals surface area (Å²) in [7, 11) is 0. The number of ether oxygens (including phenoxy) is 1. The average Bonchev–Trinajstić information content (AvgIpc) is 3.38. The number of β-lactam (4-membered cyclic amide) rings is 1. The Labute approximate surface area is 219 Å². The topological polar surface area (TPSA) is 159 Å². The molecule has 1 aromatic rings. The minimum absolute atomic E-state index is 0.0442. The van der Waals surface area contributed by atoms with Crippen LogP contribution in [0, 0.1) is 22.0 Å². The van der Waals surface area contributed by atoms with Crippen molar-refractivity contribution in [2.45, 2.75) is 44.6 Å². The van der Waals surface area contributed by atoms with Gasteiger partial charge in [-0.3, -0.25) is 24.6 Å².